The number of hydrogen-bond donors (Lipinski definition) is 2. The minimum Gasteiger partial charge on any atom is -0.508 e. The second-order valence-electron chi connectivity index (χ2n) is 11.2. The van der Waals surface area contributed by atoms with E-state index in [1.165, 1.54) is 11.1 Å². The number of phenols is 2. The van der Waals surface area contributed by atoms with E-state index in [-0.39, 0.29) is 0 Å². The van der Waals surface area contributed by atoms with Crippen molar-refractivity contribution in [2.75, 3.05) is 0 Å². The fourth-order valence-electron chi connectivity index (χ4n) is 4.44. The SMILES string of the molecule is CC.CC(/C=C/C=C(C)/C=C/c1c(C)cc(O)c(C)c1C)=C\C=C\C=C(C)\C=C\C=C(C)\C=C\c1c(C)cc(O)c(C)c1C. The zero-order chi connectivity index (χ0) is 33.4. The van der Waals surface area contributed by atoms with Gasteiger partial charge in [0.1, 0.15) is 11.5 Å². The molecule has 0 radical (unpaired) electrons. The maximum atomic E-state index is 10.0. The van der Waals surface area contributed by atoms with Gasteiger partial charge in [0.25, 0.3) is 0 Å². The molecule has 2 heteroatoms. The lowest BCUT2D eigenvalue weighted by molar-refractivity contribution is 0.469. The predicted octanol–water partition coefficient (Wildman–Crippen LogP) is 12.2. The van der Waals surface area contributed by atoms with Crippen LogP contribution in [0.1, 0.15) is 86.1 Å². The van der Waals surface area contributed by atoms with E-state index in [2.05, 4.69) is 127 Å². The van der Waals surface area contributed by atoms with Crippen LogP contribution in [-0.4, -0.2) is 10.2 Å². The molecule has 0 aliphatic rings. The first-order chi connectivity index (χ1) is 20.8. The van der Waals surface area contributed by atoms with Crippen molar-refractivity contribution in [2.24, 2.45) is 0 Å². The van der Waals surface area contributed by atoms with Crippen molar-refractivity contribution in [3.63, 3.8) is 0 Å². The van der Waals surface area contributed by atoms with E-state index in [4.69, 9.17) is 0 Å². The van der Waals surface area contributed by atoms with Gasteiger partial charge in [-0.25, -0.2) is 0 Å². The van der Waals surface area contributed by atoms with Crippen LogP contribution in [0.5, 0.6) is 11.5 Å². The summed E-state index contributed by atoms with van der Waals surface area (Å²) in [5.74, 6) is 0.713. The van der Waals surface area contributed by atoms with Gasteiger partial charge in [0.2, 0.25) is 0 Å². The zero-order valence-electron chi connectivity index (χ0n) is 29.1. The summed E-state index contributed by atoms with van der Waals surface area (Å²) in [6, 6.07) is 3.66. The molecule has 44 heavy (non-hydrogen) atoms. The van der Waals surface area contributed by atoms with Crippen molar-refractivity contribution in [3.05, 3.63) is 152 Å². The van der Waals surface area contributed by atoms with E-state index < -0.39 is 0 Å². The fraction of sp³-hybridized carbons (Fsp3) is 0.286. The van der Waals surface area contributed by atoms with Crippen molar-refractivity contribution in [1.29, 1.82) is 0 Å². The highest BCUT2D eigenvalue weighted by Crippen LogP contribution is 2.28. The molecule has 2 rings (SSSR count). The smallest absolute Gasteiger partial charge is 0.119 e. The van der Waals surface area contributed by atoms with E-state index in [1.807, 2.05) is 53.7 Å². The molecule has 0 spiro atoms. The summed E-state index contributed by atoms with van der Waals surface area (Å²) in [6.07, 6.45) is 29.3. The number of allylic oxidation sites excluding steroid dienone is 16. The first-order valence-electron chi connectivity index (χ1n) is 15.5. The lowest BCUT2D eigenvalue weighted by atomic mass is 9.96. The van der Waals surface area contributed by atoms with E-state index in [0.717, 1.165) is 55.7 Å². The van der Waals surface area contributed by atoms with Crippen LogP contribution < -0.4 is 0 Å². The lowest BCUT2D eigenvalue weighted by Crippen LogP contribution is -1.91. The third-order valence-corrected chi connectivity index (χ3v) is 7.55. The second kappa shape index (κ2) is 19.1. The van der Waals surface area contributed by atoms with Crippen LogP contribution in [0.3, 0.4) is 0 Å². The van der Waals surface area contributed by atoms with E-state index >= 15 is 0 Å². The van der Waals surface area contributed by atoms with Crippen molar-refractivity contribution in [1.82, 2.24) is 0 Å². The fourth-order valence-corrected chi connectivity index (χ4v) is 4.44. The number of hydrogen-bond acceptors (Lipinski definition) is 2. The van der Waals surface area contributed by atoms with E-state index in [0.29, 0.717) is 11.5 Å². The van der Waals surface area contributed by atoms with Gasteiger partial charge >= 0.3 is 0 Å². The maximum Gasteiger partial charge on any atom is 0.119 e. The van der Waals surface area contributed by atoms with Gasteiger partial charge in [-0.1, -0.05) is 121 Å². The Morgan fingerprint density at radius 3 is 1.09 bits per heavy atom. The Hall–Kier alpha value is -4.30. The molecule has 0 amide bonds. The number of aromatic hydroxyl groups is 2. The Bertz CT molecular complexity index is 1440. The second-order valence-corrected chi connectivity index (χ2v) is 11.2. The molecule has 2 aromatic rings. The molecule has 0 aliphatic carbocycles. The van der Waals surface area contributed by atoms with E-state index in [9.17, 15) is 10.2 Å². The molecule has 0 saturated carbocycles. The summed E-state index contributed by atoms with van der Waals surface area (Å²) in [4.78, 5) is 0. The molecule has 0 aliphatic heterocycles. The Morgan fingerprint density at radius 1 is 0.455 bits per heavy atom. The molecule has 0 heterocycles. The monoisotopic (exact) mass is 590 g/mol. The molecule has 2 N–H and O–H groups in total. The highest BCUT2D eigenvalue weighted by atomic mass is 16.3. The lowest BCUT2D eigenvalue weighted by Gasteiger charge is -2.10. The number of aryl methyl sites for hydroxylation is 2. The first-order valence-corrected chi connectivity index (χ1v) is 15.5. The van der Waals surface area contributed by atoms with Gasteiger partial charge in [-0.3, -0.25) is 0 Å². The van der Waals surface area contributed by atoms with Gasteiger partial charge in [-0.15, -0.1) is 0 Å². The quantitative estimate of drug-likeness (QED) is 0.270. The van der Waals surface area contributed by atoms with Crippen LogP contribution >= 0.6 is 0 Å². The molecule has 0 aromatic heterocycles. The number of phenolic OH excluding ortho intramolecular Hbond substituents is 2. The summed E-state index contributed by atoms with van der Waals surface area (Å²) in [5, 5.41) is 20.0. The van der Waals surface area contributed by atoms with Crippen LogP contribution in [0.15, 0.2) is 107 Å². The predicted molar refractivity (Wildman–Crippen MR) is 196 cm³/mol. The van der Waals surface area contributed by atoms with Gasteiger partial charge in [-0.2, -0.15) is 0 Å². The van der Waals surface area contributed by atoms with Crippen LogP contribution in [0, 0.1) is 41.5 Å². The summed E-state index contributed by atoms with van der Waals surface area (Å²) < 4.78 is 0. The Morgan fingerprint density at radius 2 is 0.750 bits per heavy atom. The molecule has 0 saturated heterocycles. The third-order valence-electron chi connectivity index (χ3n) is 7.55. The summed E-state index contributed by atoms with van der Waals surface area (Å²) in [7, 11) is 0. The topological polar surface area (TPSA) is 40.5 Å². The Labute approximate surface area is 268 Å². The molecule has 0 unspecified atom stereocenters. The third kappa shape index (κ3) is 12.1. The molecule has 0 atom stereocenters. The molecule has 2 nitrogen and oxygen atoms in total. The van der Waals surface area contributed by atoms with Crippen molar-refractivity contribution in [2.45, 2.75) is 83.1 Å². The molecule has 0 fully saturated rings. The Balaban J connectivity index is 0.00000474. The summed E-state index contributed by atoms with van der Waals surface area (Å²) in [6.45, 7) is 24.4. The van der Waals surface area contributed by atoms with Crippen LogP contribution in [0.25, 0.3) is 12.2 Å². The molecule has 234 valence electrons. The van der Waals surface area contributed by atoms with Crippen LogP contribution in [0.4, 0.5) is 0 Å². The van der Waals surface area contributed by atoms with Crippen molar-refractivity contribution >= 4 is 12.2 Å². The summed E-state index contributed by atoms with van der Waals surface area (Å²) >= 11 is 0. The van der Waals surface area contributed by atoms with E-state index in [1.54, 1.807) is 0 Å². The van der Waals surface area contributed by atoms with Gasteiger partial charge in [-0.05, 0) is 126 Å². The zero-order valence-corrected chi connectivity index (χ0v) is 29.1. The average Bonchev–Trinajstić information content (AvgIpc) is 2.98. The maximum absolute atomic E-state index is 10.0. The molecule has 2 aromatic carbocycles. The average molecular weight is 591 g/mol. The van der Waals surface area contributed by atoms with Crippen molar-refractivity contribution in [3.8, 4) is 11.5 Å². The summed E-state index contributed by atoms with van der Waals surface area (Å²) in [5.41, 5.74) is 13.2. The number of benzene rings is 2. The molecule has 0 bridgehead atoms. The molecular formula is C42H54O2. The van der Waals surface area contributed by atoms with Gasteiger partial charge in [0.15, 0.2) is 0 Å². The van der Waals surface area contributed by atoms with Gasteiger partial charge in [0.05, 0.1) is 0 Å². The molecular weight excluding hydrogens is 536 g/mol. The Kier molecular flexibility index (Phi) is 16.4. The first kappa shape index (κ1) is 37.7. The minimum absolute atomic E-state index is 0.357. The number of rotatable bonds is 10. The van der Waals surface area contributed by atoms with Gasteiger partial charge in [0, 0.05) is 0 Å². The largest absolute Gasteiger partial charge is 0.508 e. The minimum atomic E-state index is 0.357. The van der Waals surface area contributed by atoms with Crippen LogP contribution in [-0.2, 0) is 0 Å². The van der Waals surface area contributed by atoms with Gasteiger partial charge < -0.3 is 10.2 Å². The van der Waals surface area contributed by atoms with Crippen LogP contribution in [0.2, 0.25) is 0 Å². The van der Waals surface area contributed by atoms with Crippen molar-refractivity contribution < 1.29 is 10.2 Å². The normalized spacial score (nSPS) is 13.7. The highest BCUT2D eigenvalue weighted by molar-refractivity contribution is 5.65. The highest BCUT2D eigenvalue weighted by Gasteiger charge is 2.08. The standard InChI is InChI=1S/C40H48O2.C2H6/c1-27(17-13-19-29(3)21-23-37-31(5)25-39(41)35(9)33(37)7)15-11-12-16-28(2)18-14-20-30(4)22-24-38-32(6)26-40(42)36(10)34(38)8;1-2/h11-26,41-42H,1-10H3;1-2H3/b12-11+,17-13+,18-14+,23-21+,24-22+,27-15+,28-16+,29-19+,30-20+;.